The summed E-state index contributed by atoms with van der Waals surface area (Å²) >= 11 is 0. The molecule has 0 aliphatic carbocycles. The number of nitrogens with one attached hydrogen (secondary N) is 1. The lowest BCUT2D eigenvalue weighted by atomic mass is 10.1. The molecule has 1 fully saturated rings. The number of aromatic nitrogens is 1. The summed E-state index contributed by atoms with van der Waals surface area (Å²) in [4.78, 5) is 4.16. The number of piperidine rings is 1. The third-order valence-corrected chi connectivity index (χ3v) is 5.00. The number of likely N-dealkylation sites (N-methyl/N-ethyl adjacent to an activating group) is 1. The van der Waals surface area contributed by atoms with Gasteiger partial charge < -0.3 is 5.32 Å². The number of rotatable bonds is 4. The second-order valence-corrected chi connectivity index (χ2v) is 6.39. The van der Waals surface area contributed by atoms with Crippen LogP contribution in [0, 0.1) is 0 Å². The van der Waals surface area contributed by atoms with Crippen LogP contribution in [0.1, 0.15) is 19.8 Å². The zero-order chi connectivity index (χ0) is 13.0. The fourth-order valence-electron chi connectivity index (χ4n) is 2.26. The quantitative estimate of drug-likeness (QED) is 0.880. The van der Waals surface area contributed by atoms with Crippen LogP contribution in [0.3, 0.4) is 0 Å². The van der Waals surface area contributed by atoms with E-state index < -0.39 is 10.0 Å². The Kier molecular flexibility index (Phi) is 4.31. The van der Waals surface area contributed by atoms with E-state index in [1.807, 2.05) is 6.92 Å². The number of sulfonamides is 1. The van der Waals surface area contributed by atoms with E-state index in [1.54, 1.807) is 22.6 Å². The Morgan fingerprint density at radius 1 is 1.56 bits per heavy atom. The molecular weight excluding hydrogens is 250 g/mol. The molecule has 1 unspecified atom stereocenters. The maximum Gasteiger partial charge on any atom is 0.244 e. The molecule has 2 heterocycles. The van der Waals surface area contributed by atoms with E-state index >= 15 is 0 Å². The molecule has 1 atom stereocenters. The number of hydrogen-bond donors (Lipinski definition) is 1. The topological polar surface area (TPSA) is 62.3 Å². The third kappa shape index (κ3) is 2.88. The standard InChI is InChI=1S/C12H19N3O2S/c1-2-14-11-5-4-8-15(10-11)18(16,17)12-6-3-7-13-9-12/h3,6-7,9,11,14H,2,4-5,8,10H2,1H3. The normalized spacial score (nSPS) is 21.9. The lowest BCUT2D eigenvalue weighted by Gasteiger charge is -2.32. The molecule has 0 saturated carbocycles. The van der Waals surface area contributed by atoms with Crippen molar-refractivity contribution in [3.05, 3.63) is 24.5 Å². The zero-order valence-electron chi connectivity index (χ0n) is 10.5. The van der Waals surface area contributed by atoms with Crippen molar-refractivity contribution in [2.45, 2.75) is 30.7 Å². The first kappa shape index (κ1) is 13.5. The lowest BCUT2D eigenvalue weighted by Crippen LogP contribution is -2.47. The average molecular weight is 269 g/mol. The summed E-state index contributed by atoms with van der Waals surface area (Å²) in [5.74, 6) is 0. The molecule has 1 N–H and O–H groups in total. The maximum atomic E-state index is 12.4. The maximum absolute atomic E-state index is 12.4. The van der Waals surface area contributed by atoms with Crippen molar-refractivity contribution >= 4 is 10.0 Å². The van der Waals surface area contributed by atoms with Gasteiger partial charge in [0, 0.05) is 31.5 Å². The molecule has 1 aliphatic rings. The van der Waals surface area contributed by atoms with Crippen LogP contribution in [-0.4, -0.2) is 43.4 Å². The van der Waals surface area contributed by atoms with Gasteiger partial charge in [-0.3, -0.25) is 4.98 Å². The van der Waals surface area contributed by atoms with E-state index in [4.69, 9.17) is 0 Å². The van der Waals surface area contributed by atoms with Crippen LogP contribution in [-0.2, 0) is 10.0 Å². The van der Waals surface area contributed by atoms with Crippen LogP contribution < -0.4 is 5.32 Å². The van der Waals surface area contributed by atoms with Crippen LogP contribution in [0.15, 0.2) is 29.4 Å². The van der Waals surface area contributed by atoms with Crippen molar-refractivity contribution in [2.24, 2.45) is 0 Å². The largest absolute Gasteiger partial charge is 0.313 e. The van der Waals surface area contributed by atoms with Crippen molar-refractivity contribution in [1.29, 1.82) is 0 Å². The van der Waals surface area contributed by atoms with Crippen molar-refractivity contribution in [3.8, 4) is 0 Å². The molecule has 0 aromatic carbocycles. The highest BCUT2D eigenvalue weighted by Gasteiger charge is 2.29. The molecule has 2 rings (SSSR count). The van der Waals surface area contributed by atoms with E-state index in [0.29, 0.717) is 13.1 Å². The smallest absolute Gasteiger partial charge is 0.244 e. The highest BCUT2D eigenvalue weighted by Crippen LogP contribution is 2.19. The first-order valence-corrected chi connectivity index (χ1v) is 7.72. The van der Waals surface area contributed by atoms with Gasteiger partial charge in [-0.1, -0.05) is 6.92 Å². The monoisotopic (exact) mass is 269 g/mol. The lowest BCUT2D eigenvalue weighted by molar-refractivity contribution is 0.286. The summed E-state index contributed by atoms with van der Waals surface area (Å²) in [5, 5.41) is 3.32. The molecule has 18 heavy (non-hydrogen) atoms. The van der Waals surface area contributed by atoms with Crippen molar-refractivity contribution in [1.82, 2.24) is 14.6 Å². The van der Waals surface area contributed by atoms with E-state index in [1.165, 1.54) is 6.20 Å². The van der Waals surface area contributed by atoms with Gasteiger partial charge in [0.2, 0.25) is 10.0 Å². The second-order valence-electron chi connectivity index (χ2n) is 4.45. The molecule has 6 heteroatoms. The van der Waals surface area contributed by atoms with Gasteiger partial charge in [-0.25, -0.2) is 8.42 Å². The van der Waals surface area contributed by atoms with Gasteiger partial charge in [0.15, 0.2) is 0 Å². The van der Waals surface area contributed by atoms with Gasteiger partial charge in [0.05, 0.1) is 0 Å². The molecule has 0 spiro atoms. The van der Waals surface area contributed by atoms with E-state index in [2.05, 4.69) is 10.3 Å². The summed E-state index contributed by atoms with van der Waals surface area (Å²) in [6, 6.07) is 3.51. The van der Waals surface area contributed by atoms with Crippen molar-refractivity contribution < 1.29 is 8.42 Å². The van der Waals surface area contributed by atoms with Crippen LogP contribution in [0.2, 0.25) is 0 Å². The number of hydrogen-bond acceptors (Lipinski definition) is 4. The molecule has 5 nitrogen and oxygen atoms in total. The summed E-state index contributed by atoms with van der Waals surface area (Å²) in [7, 11) is -3.38. The summed E-state index contributed by atoms with van der Waals surface area (Å²) in [5.41, 5.74) is 0. The van der Waals surface area contributed by atoms with Crippen LogP contribution >= 0.6 is 0 Å². The Labute approximate surface area is 108 Å². The Bertz CT molecular complexity index is 473. The van der Waals surface area contributed by atoms with Gasteiger partial charge in [-0.15, -0.1) is 0 Å². The Morgan fingerprint density at radius 3 is 3.06 bits per heavy atom. The average Bonchev–Trinajstić information content (AvgIpc) is 2.40. The summed E-state index contributed by atoms with van der Waals surface area (Å²) in [6.45, 7) is 4.05. The molecule has 0 amide bonds. The van der Waals surface area contributed by atoms with Crippen LogP contribution in [0.4, 0.5) is 0 Å². The molecule has 0 bridgehead atoms. The van der Waals surface area contributed by atoms with Gasteiger partial charge in [-0.2, -0.15) is 4.31 Å². The van der Waals surface area contributed by atoms with E-state index in [-0.39, 0.29) is 10.9 Å². The van der Waals surface area contributed by atoms with Crippen LogP contribution in [0.5, 0.6) is 0 Å². The summed E-state index contributed by atoms with van der Waals surface area (Å²) in [6.07, 6.45) is 4.92. The molecule has 1 aromatic rings. The van der Waals surface area contributed by atoms with Gasteiger partial charge in [0.1, 0.15) is 4.90 Å². The highest BCUT2D eigenvalue weighted by molar-refractivity contribution is 7.89. The molecule has 100 valence electrons. The minimum atomic E-state index is -3.38. The van der Waals surface area contributed by atoms with Crippen molar-refractivity contribution in [2.75, 3.05) is 19.6 Å². The minimum absolute atomic E-state index is 0.259. The van der Waals surface area contributed by atoms with Crippen molar-refractivity contribution in [3.63, 3.8) is 0 Å². The van der Waals surface area contributed by atoms with E-state index in [9.17, 15) is 8.42 Å². The minimum Gasteiger partial charge on any atom is -0.313 e. The molecule has 1 aromatic heterocycles. The number of pyridine rings is 1. The van der Waals surface area contributed by atoms with E-state index in [0.717, 1.165) is 19.4 Å². The number of nitrogens with zero attached hydrogens (tertiary/aromatic N) is 2. The Balaban J connectivity index is 2.15. The Hall–Kier alpha value is -0.980. The predicted molar refractivity (Wildman–Crippen MR) is 69.7 cm³/mol. The zero-order valence-corrected chi connectivity index (χ0v) is 11.4. The fourth-order valence-corrected chi connectivity index (χ4v) is 3.75. The molecular formula is C12H19N3O2S. The van der Waals surface area contributed by atoms with Gasteiger partial charge in [-0.05, 0) is 31.5 Å². The fraction of sp³-hybridized carbons (Fsp3) is 0.583. The highest BCUT2D eigenvalue weighted by atomic mass is 32.2. The second kappa shape index (κ2) is 5.77. The summed E-state index contributed by atoms with van der Waals surface area (Å²) < 4.78 is 26.3. The van der Waals surface area contributed by atoms with Crippen LogP contribution in [0.25, 0.3) is 0 Å². The molecule has 1 aliphatic heterocycles. The van der Waals surface area contributed by atoms with Gasteiger partial charge in [0.25, 0.3) is 0 Å². The first-order chi connectivity index (χ1) is 8.64. The predicted octanol–water partition coefficient (Wildman–Crippen LogP) is 0.844. The first-order valence-electron chi connectivity index (χ1n) is 6.28. The molecule has 1 saturated heterocycles. The SMILES string of the molecule is CCNC1CCCN(S(=O)(=O)c2cccnc2)C1. The van der Waals surface area contributed by atoms with Gasteiger partial charge >= 0.3 is 0 Å². The molecule has 0 radical (unpaired) electrons. The third-order valence-electron chi connectivity index (χ3n) is 3.15. The Morgan fingerprint density at radius 2 is 2.39 bits per heavy atom.